The zero-order valence-corrected chi connectivity index (χ0v) is 21.2. The number of halogens is 2. The second-order valence-corrected chi connectivity index (χ2v) is 10.9. The van der Waals surface area contributed by atoms with E-state index >= 15 is 0 Å². The summed E-state index contributed by atoms with van der Waals surface area (Å²) in [5.74, 6) is -0.585. The van der Waals surface area contributed by atoms with Gasteiger partial charge < -0.3 is 9.47 Å². The molecule has 0 heterocycles. The van der Waals surface area contributed by atoms with Gasteiger partial charge in [0.2, 0.25) is 0 Å². The lowest BCUT2D eigenvalue weighted by atomic mass is 9.97. The minimum Gasteiger partial charge on any atom is -0.482 e. The Bertz CT molecular complexity index is 1260. The molecule has 36 heavy (non-hydrogen) atoms. The first-order valence-electron chi connectivity index (χ1n) is 11.5. The molecule has 3 nitrogen and oxygen atoms in total. The first-order valence-corrected chi connectivity index (χ1v) is 12.7. The molecule has 0 amide bonds. The topological polar surface area (TPSA) is 35.5 Å². The molecule has 0 aliphatic carbocycles. The predicted octanol–water partition coefficient (Wildman–Crippen LogP) is 7.23. The van der Waals surface area contributed by atoms with Crippen LogP contribution < -0.4 is 4.74 Å². The molecule has 184 valence electrons. The molecule has 0 spiro atoms. The summed E-state index contributed by atoms with van der Waals surface area (Å²) in [6.45, 7) is 5.47. The van der Waals surface area contributed by atoms with Crippen molar-refractivity contribution < 1.29 is 23.0 Å². The third-order valence-electron chi connectivity index (χ3n) is 5.63. The molecular weight excluding hydrogens is 478 g/mol. The Labute approximate surface area is 213 Å². The molecule has 0 N–H and O–H groups in total. The standard InChI is InChI=1S/C30H27F2O3S/c1-21-4-6-22(7-5-21)30(2,3)35-29(33)20-34-25-12-18-28(19-13-25)36(26-14-8-23(31)9-15-26)27-16-10-24(32)11-17-27/h4-19H,20H2,1-3H3/q+1. The van der Waals surface area contributed by atoms with Crippen molar-refractivity contribution in [1.29, 1.82) is 0 Å². The maximum absolute atomic E-state index is 13.5. The Hall–Kier alpha value is -3.64. The van der Waals surface area contributed by atoms with Crippen LogP contribution in [0.4, 0.5) is 8.78 Å². The summed E-state index contributed by atoms with van der Waals surface area (Å²) in [6, 6.07) is 27.8. The van der Waals surface area contributed by atoms with Crippen LogP contribution in [0, 0.1) is 18.6 Å². The Morgan fingerprint density at radius 3 is 1.64 bits per heavy atom. The van der Waals surface area contributed by atoms with Gasteiger partial charge in [0, 0.05) is 0 Å². The third-order valence-corrected chi connectivity index (χ3v) is 7.86. The Balaban J connectivity index is 1.45. The molecule has 0 fully saturated rings. The maximum atomic E-state index is 13.5. The van der Waals surface area contributed by atoms with Gasteiger partial charge in [-0.05, 0) is 99.1 Å². The molecule has 4 aromatic rings. The lowest BCUT2D eigenvalue weighted by Crippen LogP contribution is -2.28. The van der Waals surface area contributed by atoms with Crippen molar-refractivity contribution in [3.63, 3.8) is 0 Å². The van der Waals surface area contributed by atoms with E-state index in [1.807, 2.05) is 57.2 Å². The second kappa shape index (κ2) is 11.0. The number of hydrogen-bond acceptors (Lipinski definition) is 3. The normalized spacial score (nSPS) is 11.4. The van der Waals surface area contributed by atoms with Gasteiger partial charge in [-0.1, -0.05) is 29.8 Å². The van der Waals surface area contributed by atoms with E-state index in [9.17, 15) is 13.6 Å². The van der Waals surface area contributed by atoms with Crippen molar-refractivity contribution in [2.75, 3.05) is 6.61 Å². The molecular formula is C30H27F2O3S+. The fourth-order valence-electron chi connectivity index (χ4n) is 3.69. The van der Waals surface area contributed by atoms with E-state index in [0.717, 1.165) is 25.8 Å². The van der Waals surface area contributed by atoms with Crippen molar-refractivity contribution >= 4 is 16.9 Å². The van der Waals surface area contributed by atoms with Crippen molar-refractivity contribution in [1.82, 2.24) is 0 Å². The van der Waals surface area contributed by atoms with Crippen molar-refractivity contribution in [2.45, 2.75) is 41.1 Å². The number of rotatable bonds is 8. The van der Waals surface area contributed by atoms with Crippen LogP contribution in [0.25, 0.3) is 0 Å². The molecule has 0 saturated carbocycles. The molecule has 4 rings (SSSR count). The van der Waals surface area contributed by atoms with E-state index in [1.54, 1.807) is 36.4 Å². The highest BCUT2D eigenvalue weighted by Gasteiger charge is 2.29. The average Bonchev–Trinajstić information content (AvgIpc) is 2.86. The third kappa shape index (κ3) is 6.32. The number of carbonyl (C=O) groups is 1. The van der Waals surface area contributed by atoms with Gasteiger partial charge in [-0.2, -0.15) is 0 Å². The molecule has 6 heteroatoms. The summed E-state index contributed by atoms with van der Waals surface area (Å²) in [4.78, 5) is 15.2. The van der Waals surface area contributed by atoms with Crippen LogP contribution in [0.15, 0.2) is 112 Å². The molecule has 0 aliphatic rings. The number of carbonyl (C=O) groups excluding carboxylic acids is 1. The maximum Gasteiger partial charge on any atom is 0.345 e. The fraction of sp³-hybridized carbons (Fsp3) is 0.167. The van der Waals surface area contributed by atoms with Crippen molar-refractivity contribution in [3.8, 4) is 5.75 Å². The quantitative estimate of drug-likeness (QED) is 0.187. The average molecular weight is 506 g/mol. The van der Waals surface area contributed by atoms with Crippen LogP contribution in [-0.2, 0) is 26.0 Å². The zero-order valence-electron chi connectivity index (χ0n) is 20.3. The van der Waals surface area contributed by atoms with E-state index in [-0.39, 0.29) is 18.2 Å². The smallest absolute Gasteiger partial charge is 0.345 e. The molecule has 0 unspecified atom stereocenters. The summed E-state index contributed by atoms with van der Waals surface area (Å²) in [5.41, 5.74) is 1.25. The molecule has 0 aromatic heterocycles. The monoisotopic (exact) mass is 505 g/mol. The number of esters is 1. The summed E-state index contributed by atoms with van der Waals surface area (Å²) in [5, 5.41) is 0. The summed E-state index contributed by atoms with van der Waals surface area (Å²) < 4.78 is 38.4. The van der Waals surface area contributed by atoms with Gasteiger partial charge in [0.15, 0.2) is 21.3 Å². The van der Waals surface area contributed by atoms with Gasteiger partial charge in [-0.25, -0.2) is 13.6 Å². The van der Waals surface area contributed by atoms with E-state index < -0.39 is 22.5 Å². The predicted molar refractivity (Wildman–Crippen MR) is 137 cm³/mol. The highest BCUT2D eigenvalue weighted by atomic mass is 32.2. The van der Waals surface area contributed by atoms with Crippen molar-refractivity contribution in [3.05, 3.63) is 120 Å². The number of aryl methyl sites for hydroxylation is 1. The molecule has 4 aromatic carbocycles. The number of benzene rings is 4. The minimum absolute atomic E-state index is 0.226. The highest BCUT2D eigenvalue weighted by molar-refractivity contribution is 7.97. The van der Waals surface area contributed by atoms with E-state index in [4.69, 9.17) is 9.47 Å². The van der Waals surface area contributed by atoms with E-state index in [2.05, 4.69) is 0 Å². The first kappa shape index (κ1) is 25.5. The van der Waals surface area contributed by atoms with Crippen LogP contribution in [0.3, 0.4) is 0 Å². The first-order chi connectivity index (χ1) is 17.2. The van der Waals surface area contributed by atoms with Crippen molar-refractivity contribution in [2.24, 2.45) is 0 Å². The van der Waals surface area contributed by atoms with Crippen LogP contribution in [0.5, 0.6) is 5.75 Å². The van der Waals surface area contributed by atoms with Crippen LogP contribution in [0.2, 0.25) is 0 Å². The van der Waals surface area contributed by atoms with Gasteiger partial charge >= 0.3 is 5.97 Å². The van der Waals surface area contributed by atoms with Gasteiger partial charge in [-0.3, -0.25) is 0 Å². The van der Waals surface area contributed by atoms with Gasteiger partial charge in [0.1, 0.15) is 23.0 Å². The van der Waals surface area contributed by atoms with Gasteiger partial charge in [0.05, 0.1) is 10.9 Å². The van der Waals surface area contributed by atoms with Crippen LogP contribution >= 0.6 is 0 Å². The SMILES string of the molecule is Cc1ccc(C(C)(C)OC(=O)COc2ccc([S+](c3ccc(F)cc3)c3ccc(F)cc3)cc2)cc1. The molecule has 0 atom stereocenters. The van der Waals surface area contributed by atoms with Crippen LogP contribution in [0.1, 0.15) is 25.0 Å². The molecule has 0 bridgehead atoms. The fourth-order valence-corrected chi connectivity index (χ4v) is 5.73. The summed E-state index contributed by atoms with van der Waals surface area (Å²) >= 11 is 0. The van der Waals surface area contributed by atoms with E-state index in [0.29, 0.717) is 5.75 Å². The lowest BCUT2D eigenvalue weighted by molar-refractivity contribution is -0.159. The zero-order chi connectivity index (χ0) is 25.7. The lowest BCUT2D eigenvalue weighted by Gasteiger charge is -2.25. The van der Waals surface area contributed by atoms with Gasteiger partial charge in [0.25, 0.3) is 0 Å². The molecule has 0 radical (unpaired) electrons. The number of ether oxygens (including phenoxy) is 2. The highest BCUT2D eigenvalue weighted by Crippen LogP contribution is 2.32. The Morgan fingerprint density at radius 2 is 1.17 bits per heavy atom. The summed E-state index contributed by atoms with van der Waals surface area (Å²) in [7, 11) is -0.569. The Morgan fingerprint density at radius 1 is 0.722 bits per heavy atom. The number of hydrogen-bond donors (Lipinski definition) is 0. The second-order valence-electron chi connectivity index (χ2n) is 8.82. The molecule has 0 aliphatic heterocycles. The van der Waals surface area contributed by atoms with E-state index in [1.165, 1.54) is 24.3 Å². The summed E-state index contributed by atoms with van der Waals surface area (Å²) in [6.07, 6.45) is 0. The largest absolute Gasteiger partial charge is 0.482 e. The molecule has 0 saturated heterocycles. The van der Waals surface area contributed by atoms with Crippen LogP contribution in [-0.4, -0.2) is 12.6 Å². The minimum atomic E-state index is -0.781. The Kier molecular flexibility index (Phi) is 7.75. The van der Waals surface area contributed by atoms with Gasteiger partial charge in [-0.15, -0.1) is 0 Å².